The van der Waals surface area contributed by atoms with Crippen LogP contribution in [0.25, 0.3) is 0 Å². The zero-order valence-electron chi connectivity index (χ0n) is 9.29. The van der Waals surface area contributed by atoms with Crippen molar-refractivity contribution in [3.63, 3.8) is 0 Å². The lowest BCUT2D eigenvalue weighted by Crippen LogP contribution is -2.44. The van der Waals surface area contributed by atoms with Gasteiger partial charge in [-0.2, -0.15) is 0 Å². The number of carbonyl (C=O) groups excluding carboxylic acids is 2. The third-order valence-corrected chi connectivity index (χ3v) is 12.6. The van der Waals surface area contributed by atoms with Crippen molar-refractivity contribution >= 4 is 28.6 Å². The van der Waals surface area contributed by atoms with E-state index in [9.17, 15) is 9.59 Å². The average molecular weight is 228 g/mol. The van der Waals surface area contributed by atoms with Gasteiger partial charge in [-0.25, -0.2) is 18.9 Å². The normalized spacial score (nSPS) is 13.8. The summed E-state index contributed by atoms with van der Waals surface area (Å²) in [5.74, 6) is 0. The maximum Gasteiger partial charge on any atom is 0.224 e. The van der Waals surface area contributed by atoms with Crippen molar-refractivity contribution in [3.8, 4) is 0 Å². The molecule has 0 saturated carbocycles. The summed E-state index contributed by atoms with van der Waals surface area (Å²) in [6, 6.07) is 0. The number of hydrogen-bond acceptors (Lipinski definition) is 4. The largest absolute Gasteiger partial charge is 0.248 e. The molecule has 0 unspecified atom stereocenters. The molecule has 0 aliphatic rings. The number of hydrogen-bond donors (Lipinski definition) is 0. The van der Waals surface area contributed by atoms with Crippen LogP contribution in [0.1, 0.15) is 6.92 Å². The lowest BCUT2D eigenvalue weighted by Gasteiger charge is -2.31. The monoisotopic (exact) mass is 228 g/mol. The standard InChI is InChI=1S/C8H16N2O2Si2/c1-8(13(2,3)9-6-11)14(4,5)10-7-12/h8H,1-5H3. The summed E-state index contributed by atoms with van der Waals surface area (Å²) in [5.41, 5.74) is 0. The van der Waals surface area contributed by atoms with Gasteiger partial charge in [0.1, 0.15) is 0 Å². The number of rotatable bonds is 4. The highest BCUT2D eigenvalue weighted by Crippen LogP contribution is 2.32. The highest BCUT2D eigenvalue weighted by molar-refractivity contribution is 6.96. The first-order valence-corrected chi connectivity index (χ1v) is 10.5. The molecule has 0 aliphatic heterocycles. The average Bonchev–Trinajstić information content (AvgIpc) is 2.02. The molecule has 0 spiro atoms. The predicted molar refractivity (Wildman–Crippen MR) is 60.6 cm³/mol. The zero-order chi connectivity index (χ0) is 11.4. The Labute approximate surface area is 86.3 Å². The first-order chi connectivity index (χ1) is 6.28. The fourth-order valence-corrected chi connectivity index (χ4v) is 9.45. The van der Waals surface area contributed by atoms with Crippen LogP contribution in [0.3, 0.4) is 0 Å². The Morgan fingerprint density at radius 1 is 0.929 bits per heavy atom. The molecule has 0 radical (unpaired) electrons. The lowest BCUT2D eigenvalue weighted by molar-refractivity contribution is 0.565. The minimum atomic E-state index is -1.99. The molecule has 0 N–H and O–H groups in total. The summed E-state index contributed by atoms with van der Waals surface area (Å²) >= 11 is 0. The molecule has 0 aliphatic carbocycles. The van der Waals surface area contributed by atoms with E-state index in [2.05, 4.69) is 9.32 Å². The van der Waals surface area contributed by atoms with Crippen LogP contribution in [0.2, 0.25) is 31.4 Å². The molecule has 0 aromatic rings. The Bertz CT molecular complexity index is 272. The maximum atomic E-state index is 10.3. The van der Waals surface area contributed by atoms with E-state index in [1.54, 1.807) is 12.2 Å². The van der Waals surface area contributed by atoms with E-state index in [-0.39, 0.29) is 5.16 Å². The molecule has 0 bridgehead atoms. The Balaban J connectivity index is 5.02. The van der Waals surface area contributed by atoms with Gasteiger partial charge in [-0.15, -0.1) is 0 Å². The van der Waals surface area contributed by atoms with Crippen LogP contribution in [0.5, 0.6) is 0 Å². The third-order valence-electron chi connectivity index (χ3n) is 2.79. The van der Waals surface area contributed by atoms with E-state index < -0.39 is 16.5 Å². The Morgan fingerprint density at radius 2 is 1.21 bits per heavy atom. The second-order valence-corrected chi connectivity index (χ2v) is 13.8. The number of nitrogens with zero attached hydrogens (tertiary/aromatic N) is 2. The van der Waals surface area contributed by atoms with Crippen molar-refractivity contribution in [1.29, 1.82) is 0 Å². The van der Waals surface area contributed by atoms with Gasteiger partial charge in [-0.05, 0) is 31.4 Å². The van der Waals surface area contributed by atoms with Crippen LogP contribution in [0.15, 0.2) is 9.32 Å². The lowest BCUT2D eigenvalue weighted by atomic mass is 10.9. The van der Waals surface area contributed by atoms with E-state index in [1.807, 2.05) is 33.1 Å². The Morgan fingerprint density at radius 3 is 1.43 bits per heavy atom. The molecule has 0 atom stereocenters. The minimum absolute atomic E-state index is 0.220. The van der Waals surface area contributed by atoms with Crippen molar-refractivity contribution in [2.45, 2.75) is 38.3 Å². The van der Waals surface area contributed by atoms with Crippen LogP contribution in [0, 0.1) is 0 Å². The summed E-state index contributed by atoms with van der Waals surface area (Å²) in [6.45, 7) is 9.95. The van der Waals surface area contributed by atoms with Gasteiger partial charge in [0.15, 0.2) is 16.5 Å². The second kappa shape index (κ2) is 4.62. The number of isocyanates is 2. The Hall–Kier alpha value is -0.806. The molecular formula is C8H16N2O2Si2. The van der Waals surface area contributed by atoms with E-state index in [0.29, 0.717) is 0 Å². The van der Waals surface area contributed by atoms with E-state index >= 15 is 0 Å². The first-order valence-electron chi connectivity index (χ1n) is 4.46. The van der Waals surface area contributed by atoms with E-state index in [1.165, 1.54) is 0 Å². The summed E-state index contributed by atoms with van der Waals surface area (Å²) in [6.07, 6.45) is 3.24. The van der Waals surface area contributed by atoms with Gasteiger partial charge in [-0.3, -0.25) is 0 Å². The quantitative estimate of drug-likeness (QED) is 0.420. The molecule has 78 valence electrons. The topological polar surface area (TPSA) is 58.9 Å². The molecule has 4 nitrogen and oxygen atoms in total. The Kier molecular flexibility index (Phi) is 4.35. The molecule has 0 amide bonds. The molecule has 0 fully saturated rings. The van der Waals surface area contributed by atoms with Crippen LogP contribution in [-0.4, -0.2) is 28.6 Å². The molecule has 0 aromatic carbocycles. The second-order valence-electron chi connectivity index (χ2n) is 4.44. The van der Waals surface area contributed by atoms with Crippen LogP contribution in [0.4, 0.5) is 0 Å². The molecule has 0 rings (SSSR count). The van der Waals surface area contributed by atoms with Crippen molar-refractivity contribution in [3.05, 3.63) is 0 Å². The van der Waals surface area contributed by atoms with Crippen LogP contribution < -0.4 is 0 Å². The van der Waals surface area contributed by atoms with Crippen LogP contribution in [-0.2, 0) is 9.59 Å². The smallest absolute Gasteiger partial charge is 0.224 e. The molecule has 0 heterocycles. The van der Waals surface area contributed by atoms with Gasteiger partial charge in [0.05, 0.1) is 0 Å². The van der Waals surface area contributed by atoms with Crippen molar-refractivity contribution in [2.75, 3.05) is 0 Å². The summed E-state index contributed by atoms with van der Waals surface area (Å²) in [7, 11) is -3.98. The minimum Gasteiger partial charge on any atom is -0.248 e. The van der Waals surface area contributed by atoms with Crippen molar-refractivity contribution in [1.82, 2.24) is 0 Å². The molecule has 0 aromatic heterocycles. The van der Waals surface area contributed by atoms with Crippen molar-refractivity contribution in [2.24, 2.45) is 9.32 Å². The summed E-state index contributed by atoms with van der Waals surface area (Å²) in [5, 5.41) is 0.220. The van der Waals surface area contributed by atoms with Gasteiger partial charge in [0.2, 0.25) is 12.2 Å². The maximum absolute atomic E-state index is 10.3. The van der Waals surface area contributed by atoms with Gasteiger partial charge in [0.25, 0.3) is 0 Å². The van der Waals surface area contributed by atoms with E-state index in [4.69, 9.17) is 0 Å². The zero-order valence-corrected chi connectivity index (χ0v) is 11.3. The molecule has 0 saturated heterocycles. The van der Waals surface area contributed by atoms with Crippen LogP contribution >= 0.6 is 0 Å². The predicted octanol–water partition coefficient (Wildman–Crippen LogP) is 2.00. The summed E-state index contributed by atoms with van der Waals surface area (Å²) in [4.78, 5) is 20.5. The fraction of sp³-hybridized carbons (Fsp3) is 0.750. The molecule has 6 heteroatoms. The highest BCUT2D eigenvalue weighted by atomic mass is 28.4. The van der Waals surface area contributed by atoms with Gasteiger partial charge >= 0.3 is 0 Å². The highest BCUT2D eigenvalue weighted by Gasteiger charge is 2.42. The molecular weight excluding hydrogens is 212 g/mol. The van der Waals surface area contributed by atoms with Crippen molar-refractivity contribution < 1.29 is 9.59 Å². The van der Waals surface area contributed by atoms with E-state index in [0.717, 1.165) is 0 Å². The first kappa shape index (κ1) is 13.2. The van der Waals surface area contributed by atoms with Gasteiger partial charge < -0.3 is 0 Å². The van der Waals surface area contributed by atoms with Gasteiger partial charge in [-0.1, -0.05) is 6.92 Å². The fourth-order valence-electron chi connectivity index (χ4n) is 1.29. The third kappa shape index (κ3) is 3.16. The van der Waals surface area contributed by atoms with Gasteiger partial charge in [0, 0.05) is 0 Å². The SMILES string of the molecule is CC([Si](C)(C)N=C=O)[Si](C)(C)N=C=O. The molecule has 14 heavy (non-hydrogen) atoms. The summed E-state index contributed by atoms with van der Waals surface area (Å²) < 4.78 is 7.77.